The molecule has 0 fully saturated rings. The third-order valence-corrected chi connectivity index (χ3v) is 3.04. The number of nitrogens with zero attached hydrogens (tertiary/aromatic N) is 4. The zero-order valence-corrected chi connectivity index (χ0v) is 10.6. The van der Waals surface area contributed by atoms with Crippen molar-refractivity contribution in [1.82, 2.24) is 19.1 Å². The summed E-state index contributed by atoms with van der Waals surface area (Å²) in [6.07, 6.45) is 1.46. The Balaban J connectivity index is 2.42. The van der Waals surface area contributed by atoms with Gasteiger partial charge in [-0.2, -0.15) is 4.98 Å². The largest absolute Gasteiger partial charge is 0.334 e. The average Bonchev–Trinajstić information content (AvgIpc) is 2.62. The summed E-state index contributed by atoms with van der Waals surface area (Å²) in [7, 11) is 1.57. The van der Waals surface area contributed by atoms with Gasteiger partial charge < -0.3 is 0 Å². The zero-order valence-electron chi connectivity index (χ0n) is 9.84. The Labute approximate surface area is 111 Å². The molecule has 0 atom stereocenters. The quantitative estimate of drug-likeness (QED) is 0.639. The maximum Gasteiger partial charge on any atom is 0.334 e. The fourth-order valence-electron chi connectivity index (χ4n) is 1.98. The van der Waals surface area contributed by atoms with Gasteiger partial charge in [-0.15, -0.1) is 0 Å². The van der Waals surface area contributed by atoms with E-state index in [0.717, 1.165) is 0 Å². The average molecular weight is 279 g/mol. The van der Waals surface area contributed by atoms with Crippen LogP contribution in [0, 0.1) is 5.82 Å². The molecular weight excluding hydrogens is 271 g/mol. The molecule has 0 saturated carbocycles. The van der Waals surface area contributed by atoms with Crippen LogP contribution in [0.5, 0.6) is 0 Å². The summed E-state index contributed by atoms with van der Waals surface area (Å²) in [6.45, 7) is 0. The van der Waals surface area contributed by atoms with E-state index in [1.54, 1.807) is 13.1 Å². The van der Waals surface area contributed by atoms with Crippen molar-refractivity contribution in [2.24, 2.45) is 7.05 Å². The van der Waals surface area contributed by atoms with Crippen LogP contribution in [-0.4, -0.2) is 19.1 Å². The topological polar surface area (TPSA) is 52.7 Å². The molecule has 19 heavy (non-hydrogen) atoms. The molecule has 2 aromatic heterocycles. The van der Waals surface area contributed by atoms with Gasteiger partial charge >= 0.3 is 5.69 Å². The molecule has 0 amide bonds. The van der Waals surface area contributed by atoms with E-state index in [0.29, 0.717) is 16.9 Å². The van der Waals surface area contributed by atoms with Crippen molar-refractivity contribution in [3.63, 3.8) is 0 Å². The van der Waals surface area contributed by atoms with Gasteiger partial charge in [-0.25, -0.2) is 18.7 Å². The zero-order chi connectivity index (χ0) is 13.6. The second kappa shape index (κ2) is 4.17. The first-order valence-electron chi connectivity index (χ1n) is 5.44. The Bertz CT molecular complexity index is 839. The molecule has 0 aliphatic rings. The van der Waals surface area contributed by atoms with Crippen molar-refractivity contribution in [2.75, 3.05) is 0 Å². The van der Waals surface area contributed by atoms with Gasteiger partial charge in [0.2, 0.25) is 5.28 Å². The summed E-state index contributed by atoms with van der Waals surface area (Å²) in [5, 5.41) is 0.0449. The molecule has 0 bridgehead atoms. The Kier molecular flexibility index (Phi) is 2.60. The lowest BCUT2D eigenvalue weighted by atomic mass is 10.3. The first-order chi connectivity index (χ1) is 9.08. The lowest BCUT2D eigenvalue weighted by molar-refractivity contribution is 0.628. The van der Waals surface area contributed by atoms with Crippen LogP contribution in [0.25, 0.3) is 16.9 Å². The minimum absolute atomic E-state index is 0.0449. The second-order valence-electron chi connectivity index (χ2n) is 3.99. The summed E-state index contributed by atoms with van der Waals surface area (Å²) in [4.78, 5) is 20.0. The fraction of sp³-hybridized carbons (Fsp3) is 0.0833. The highest BCUT2D eigenvalue weighted by Gasteiger charge is 2.14. The van der Waals surface area contributed by atoms with Crippen LogP contribution in [0.15, 0.2) is 35.3 Å². The van der Waals surface area contributed by atoms with E-state index >= 15 is 0 Å². The van der Waals surface area contributed by atoms with Crippen molar-refractivity contribution in [2.45, 2.75) is 0 Å². The van der Waals surface area contributed by atoms with Crippen molar-refractivity contribution in [1.29, 1.82) is 0 Å². The molecule has 7 heteroatoms. The van der Waals surface area contributed by atoms with E-state index < -0.39 is 5.82 Å². The van der Waals surface area contributed by atoms with Gasteiger partial charge in [0.15, 0.2) is 0 Å². The lowest BCUT2D eigenvalue weighted by Crippen LogP contribution is -2.21. The Morgan fingerprint density at radius 3 is 2.79 bits per heavy atom. The molecule has 3 rings (SSSR count). The molecule has 0 radical (unpaired) electrons. The van der Waals surface area contributed by atoms with E-state index in [2.05, 4.69) is 9.97 Å². The molecule has 0 aliphatic carbocycles. The molecule has 0 N–H and O–H groups in total. The molecule has 0 spiro atoms. The number of benzene rings is 1. The molecule has 0 aliphatic heterocycles. The van der Waals surface area contributed by atoms with Crippen LogP contribution < -0.4 is 5.69 Å². The van der Waals surface area contributed by atoms with Gasteiger partial charge in [0.25, 0.3) is 0 Å². The monoisotopic (exact) mass is 278 g/mol. The second-order valence-corrected chi connectivity index (χ2v) is 4.33. The molecule has 0 unspecified atom stereocenters. The summed E-state index contributed by atoms with van der Waals surface area (Å²) in [6, 6.07) is 5.69. The van der Waals surface area contributed by atoms with Crippen LogP contribution >= 0.6 is 11.6 Å². The third kappa shape index (κ3) is 1.80. The van der Waals surface area contributed by atoms with Gasteiger partial charge in [0, 0.05) is 19.3 Å². The minimum Gasteiger partial charge on any atom is -0.295 e. The number of halogens is 2. The van der Waals surface area contributed by atoms with E-state index in [4.69, 9.17) is 11.6 Å². The van der Waals surface area contributed by atoms with E-state index in [-0.39, 0.29) is 11.0 Å². The summed E-state index contributed by atoms with van der Waals surface area (Å²) in [5.74, 6) is -0.0526. The molecule has 5 nitrogen and oxygen atoms in total. The van der Waals surface area contributed by atoms with E-state index in [1.165, 1.54) is 33.5 Å². The summed E-state index contributed by atoms with van der Waals surface area (Å²) < 4.78 is 16.0. The maximum absolute atomic E-state index is 13.3. The van der Waals surface area contributed by atoms with Gasteiger partial charge in [-0.05, 0) is 29.8 Å². The fourth-order valence-corrected chi connectivity index (χ4v) is 2.13. The first kappa shape index (κ1) is 11.9. The number of aryl methyl sites for hydroxylation is 1. The van der Waals surface area contributed by atoms with Gasteiger partial charge in [0.05, 0.1) is 11.0 Å². The van der Waals surface area contributed by atoms with Gasteiger partial charge in [-0.3, -0.25) is 4.57 Å². The SMILES string of the molecule is Cn1c(=O)n(-c2ccnc(Cl)n2)c2ccc(F)cc21. The van der Waals surface area contributed by atoms with Crippen LogP contribution in [0.1, 0.15) is 0 Å². The highest BCUT2D eigenvalue weighted by atomic mass is 35.5. The van der Waals surface area contributed by atoms with Crippen molar-refractivity contribution in [3.05, 3.63) is 52.0 Å². The number of hydrogen-bond donors (Lipinski definition) is 0. The van der Waals surface area contributed by atoms with Crippen LogP contribution in [-0.2, 0) is 7.05 Å². The van der Waals surface area contributed by atoms with Crippen molar-refractivity contribution < 1.29 is 4.39 Å². The van der Waals surface area contributed by atoms with Crippen molar-refractivity contribution >= 4 is 22.6 Å². The van der Waals surface area contributed by atoms with E-state index in [1.807, 2.05) is 0 Å². The maximum atomic E-state index is 13.3. The van der Waals surface area contributed by atoms with Crippen LogP contribution in [0.2, 0.25) is 5.28 Å². The Morgan fingerprint density at radius 1 is 1.26 bits per heavy atom. The van der Waals surface area contributed by atoms with E-state index in [9.17, 15) is 9.18 Å². The number of aromatic nitrogens is 4. The molecular formula is C12H8ClFN4O. The molecule has 0 saturated heterocycles. The minimum atomic E-state index is -0.402. The summed E-state index contributed by atoms with van der Waals surface area (Å²) in [5.41, 5.74) is 0.721. The highest BCUT2D eigenvalue weighted by Crippen LogP contribution is 2.17. The van der Waals surface area contributed by atoms with Gasteiger partial charge in [-0.1, -0.05) is 0 Å². The lowest BCUT2D eigenvalue weighted by Gasteiger charge is -2.01. The normalized spacial score (nSPS) is 11.1. The Hall–Kier alpha value is -2.21. The number of rotatable bonds is 1. The predicted octanol–water partition coefficient (Wildman–Crippen LogP) is 1.91. The molecule has 1 aromatic carbocycles. The standard InChI is InChI=1S/C12H8ClFN4O/c1-17-9-6-7(14)2-3-8(9)18(12(17)19)10-4-5-15-11(13)16-10/h2-6H,1H3. The third-order valence-electron chi connectivity index (χ3n) is 2.86. The smallest absolute Gasteiger partial charge is 0.295 e. The number of hydrogen-bond acceptors (Lipinski definition) is 3. The van der Waals surface area contributed by atoms with Crippen molar-refractivity contribution in [3.8, 4) is 5.82 Å². The first-order valence-corrected chi connectivity index (χ1v) is 5.81. The number of fused-ring (bicyclic) bond motifs is 1. The number of imidazole rings is 1. The predicted molar refractivity (Wildman–Crippen MR) is 69.1 cm³/mol. The van der Waals surface area contributed by atoms with Gasteiger partial charge in [0.1, 0.15) is 11.6 Å². The summed E-state index contributed by atoms with van der Waals surface area (Å²) >= 11 is 5.73. The highest BCUT2D eigenvalue weighted by molar-refractivity contribution is 6.28. The molecule has 96 valence electrons. The van der Waals surface area contributed by atoms with Crippen LogP contribution in [0.3, 0.4) is 0 Å². The molecule has 2 heterocycles. The Morgan fingerprint density at radius 2 is 2.05 bits per heavy atom. The molecule has 3 aromatic rings. The van der Waals surface area contributed by atoms with Crippen LogP contribution in [0.4, 0.5) is 4.39 Å².